The summed E-state index contributed by atoms with van der Waals surface area (Å²) in [5.74, 6) is -0.0562. The van der Waals surface area contributed by atoms with E-state index in [0.29, 0.717) is 0 Å². The predicted octanol–water partition coefficient (Wildman–Crippen LogP) is 0.0430. The van der Waals surface area contributed by atoms with Crippen molar-refractivity contribution in [3.05, 3.63) is 12.7 Å². The van der Waals surface area contributed by atoms with Crippen LogP contribution < -0.4 is 0 Å². The summed E-state index contributed by atoms with van der Waals surface area (Å²) in [5, 5.41) is 0. The van der Waals surface area contributed by atoms with Crippen LogP contribution >= 0.6 is 0 Å². The molecule has 0 saturated carbocycles. The molecule has 1 aliphatic rings. The van der Waals surface area contributed by atoms with Gasteiger partial charge in [0.2, 0.25) is 0 Å². The minimum atomic E-state index is -0.502. The SMILES string of the molecule is C=C[C@H]1C(OC)C(OC)C(=O)N1C. The third-order valence-electron chi connectivity index (χ3n) is 2.44. The summed E-state index contributed by atoms with van der Waals surface area (Å²) in [5.41, 5.74) is 0. The Morgan fingerprint density at radius 3 is 2.46 bits per heavy atom. The number of likely N-dealkylation sites (tertiary alicyclic amines) is 1. The van der Waals surface area contributed by atoms with E-state index in [4.69, 9.17) is 9.47 Å². The smallest absolute Gasteiger partial charge is 0.254 e. The zero-order valence-corrected chi connectivity index (χ0v) is 8.19. The molecular formula is C9H15NO3. The zero-order valence-electron chi connectivity index (χ0n) is 8.19. The number of rotatable bonds is 3. The van der Waals surface area contributed by atoms with Gasteiger partial charge in [0.15, 0.2) is 6.10 Å². The Kier molecular flexibility index (Phi) is 3.06. The van der Waals surface area contributed by atoms with E-state index in [2.05, 4.69) is 6.58 Å². The summed E-state index contributed by atoms with van der Waals surface area (Å²) in [4.78, 5) is 13.1. The van der Waals surface area contributed by atoms with Crippen molar-refractivity contribution < 1.29 is 14.3 Å². The fraction of sp³-hybridized carbons (Fsp3) is 0.667. The van der Waals surface area contributed by atoms with Crippen LogP contribution in [-0.2, 0) is 14.3 Å². The fourth-order valence-electron chi connectivity index (χ4n) is 1.68. The maximum atomic E-state index is 11.5. The molecule has 1 saturated heterocycles. The third kappa shape index (κ3) is 1.47. The number of carbonyl (C=O) groups excluding carboxylic acids is 1. The molecule has 1 amide bonds. The van der Waals surface area contributed by atoms with Crippen LogP contribution in [0.15, 0.2) is 12.7 Å². The maximum absolute atomic E-state index is 11.5. The van der Waals surface area contributed by atoms with Crippen molar-refractivity contribution in [2.24, 2.45) is 0 Å². The first kappa shape index (κ1) is 10.2. The highest BCUT2D eigenvalue weighted by atomic mass is 16.5. The molecule has 4 nitrogen and oxygen atoms in total. The molecule has 0 bridgehead atoms. The van der Waals surface area contributed by atoms with Crippen LogP contribution in [0.4, 0.5) is 0 Å². The molecule has 3 atom stereocenters. The summed E-state index contributed by atoms with van der Waals surface area (Å²) in [6.07, 6.45) is 0.948. The Morgan fingerprint density at radius 2 is 2.08 bits per heavy atom. The summed E-state index contributed by atoms with van der Waals surface area (Å²) < 4.78 is 10.3. The van der Waals surface area contributed by atoms with E-state index in [9.17, 15) is 4.79 Å². The average Bonchev–Trinajstić information content (AvgIpc) is 2.38. The standard InChI is InChI=1S/C9H15NO3/c1-5-6-7(12-3)8(13-4)9(11)10(6)2/h5-8H,1H2,2-4H3/t6-,7?,8?/m0/s1. The van der Waals surface area contributed by atoms with E-state index in [0.717, 1.165) is 0 Å². The van der Waals surface area contributed by atoms with Gasteiger partial charge in [-0.05, 0) is 0 Å². The molecule has 0 aromatic heterocycles. The molecule has 0 aromatic carbocycles. The molecule has 0 aromatic rings. The number of amides is 1. The average molecular weight is 185 g/mol. The molecule has 1 aliphatic heterocycles. The van der Waals surface area contributed by atoms with Crippen LogP contribution in [0.1, 0.15) is 0 Å². The second-order valence-electron chi connectivity index (χ2n) is 3.03. The molecule has 0 radical (unpaired) electrons. The number of methoxy groups -OCH3 is 2. The van der Waals surface area contributed by atoms with Crippen molar-refractivity contribution in [2.45, 2.75) is 18.2 Å². The molecule has 1 rings (SSSR count). The van der Waals surface area contributed by atoms with Gasteiger partial charge < -0.3 is 14.4 Å². The lowest BCUT2D eigenvalue weighted by Crippen LogP contribution is -2.34. The van der Waals surface area contributed by atoms with Crippen LogP contribution in [0.25, 0.3) is 0 Å². The van der Waals surface area contributed by atoms with Crippen molar-refractivity contribution >= 4 is 5.91 Å². The molecule has 1 heterocycles. The van der Waals surface area contributed by atoms with Gasteiger partial charge in [-0.25, -0.2) is 0 Å². The highest BCUT2D eigenvalue weighted by Gasteiger charge is 2.45. The van der Waals surface area contributed by atoms with E-state index in [1.54, 1.807) is 25.1 Å². The summed E-state index contributed by atoms with van der Waals surface area (Å²) in [6, 6.07) is -0.0950. The van der Waals surface area contributed by atoms with Gasteiger partial charge in [0.1, 0.15) is 6.10 Å². The molecule has 0 aliphatic carbocycles. The first-order chi connectivity index (χ1) is 6.17. The third-order valence-corrected chi connectivity index (χ3v) is 2.44. The number of carbonyl (C=O) groups is 1. The zero-order chi connectivity index (χ0) is 10.0. The fourth-order valence-corrected chi connectivity index (χ4v) is 1.68. The van der Waals surface area contributed by atoms with Crippen molar-refractivity contribution in [1.82, 2.24) is 4.90 Å². The monoisotopic (exact) mass is 185 g/mol. The number of nitrogens with zero attached hydrogens (tertiary/aromatic N) is 1. The minimum absolute atomic E-state index is 0.0562. The molecule has 0 N–H and O–H groups in total. The molecule has 4 heteroatoms. The Labute approximate surface area is 78.1 Å². The molecule has 0 spiro atoms. The van der Waals surface area contributed by atoms with Gasteiger partial charge in [-0.2, -0.15) is 0 Å². The number of ether oxygens (including phenoxy) is 2. The van der Waals surface area contributed by atoms with Crippen LogP contribution in [0.2, 0.25) is 0 Å². The highest BCUT2D eigenvalue weighted by Crippen LogP contribution is 2.23. The van der Waals surface area contributed by atoms with Crippen molar-refractivity contribution in [3.8, 4) is 0 Å². The maximum Gasteiger partial charge on any atom is 0.254 e. The van der Waals surface area contributed by atoms with Crippen LogP contribution in [-0.4, -0.2) is 50.3 Å². The van der Waals surface area contributed by atoms with Gasteiger partial charge in [0.25, 0.3) is 5.91 Å². The first-order valence-corrected chi connectivity index (χ1v) is 4.12. The van der Waals surface area contributed by atoms with Crippen molar-refractivity contribution in [1.29, 1.82) is 0 Å². The van der Waals surface area contributed by atoms with Gasteiger partial charge in [-0.15, -0.1) is 6.58 Å². The second kappa shape index (κ2) is 3.89. The second-order valence-corrected chi connectivity index (χ2v) is 3.03. The first-order valence-electron chi connectivity index (χ1n) is 4.12. The Morgan fingerprint density at radius 1 is 1.46 bits per heavy atom. The number of likely N-dealkylation sites (N-methyl/N-ethyl adjacent to an activating group) is 1. The summed E-state index contributed by atoms with van der Waals surface area (Å²) in [7, 11) is 4.80. The molecule has 2 unspecified atom stereocenters. The van der Waals surface area contributed by atoms with Crippen molar-refractivity contribution in [2.75, 3.05) is 21.3 Å². The quantitative estimate of drug-likeness (QED) is 0.583. The van der Waals surface area contributed by atoms with Gasteiger partial charge in [0.05, 0.1) is 6.04 Å². The van der Waals surface area contributed by atoms with Gasteiger partial charge >= 0.3 is 0 Å². The molecule has 74 valence electrons. The lowest BCUT2D eigenvalue weighted by molar-refractivity contribution is -0.137. The predicted molar refractivity (Wildman–Crippen MR) is 48.3 cm³/mol. The largest absolute Gasteiger partial charge is 0.376 e. The van der Waals surface area contributed by atoms with E-state index in [1.807, 2.05) is 0 Å². The topological polar surface area (TPSA) is 38.8 Å². The van der Waals surface area contributed by atoms with E-state index >= 15 is 0 Å². The van der Waals surface area contributed by atoms with Gasteiger partial charge in [-0.1, -0.05) is 6.08 Å². The van der Waals surface area contributed by atoms with Gasteiger partial charge in [-0.3, -0.25) is 4.79 Å². The minimum Gasteiger partial charge on any atom is -0.376 e. The Bertz CT molecular complexity index is 217. The summed E-state index contributed by atoms with van der Waals surface area (Å²) >= 11 is 0. The Balaban J connectivity index is 2.89. The van der Waals surface area contributed by atoms with Crippen LogP contribution in [0.5, 0.6) is 0 Å². The molecule has 1 fully saturated rings. The van der Waals surface area contributed by atoms with Crippen LogP contribution in [0.3, 0.4) is 0 Å². The normalized spacial score (nSPS) is 33.9. The Hall–Kier alpha value is -0.870. The van der Waals surface area contributed by atoms with E-state index in [1.165, 1.54) is 7.11 Å². The lowest BCUT2D eigenvalue weighted by Gasteiger charge is -2.20. The highest BCUT2D eigenvalue weighted by molar-refractivity contribution is 5.85. The van der Waals surface area contributed by atoms with E-state index in [-0.39, 0.29) is 18.1 Å². The lowest BCUT2D eigenvalue weighted by atomic mass is 10.1. The molecular weight excluding hydrogens is 170 g/mol. The van der Waals surface area contributed by atoms with Gasteiger partial charge in [0, 0.05) is 21.3 Å². The molecule has 13 heavy (non-hydrogen) atoms. The number of hydrogen-bond donors (Lipinski definition) is 0. The van der Waals surface area contributed by atoms with E-state index < -0.39 is 6.10 Å². The van der Waals surface area contributed by atoms with Crippen molar-refractivity contribution in [3.63, 3.8) is 0 Å². The summed E-state index contributed by atoms with van der Waals surface area (Å²) in [6.45, 7) is 3.67. The van der Waals surface area contributed by atoms with Crippen LogP contribution in [0, 0.1) is 0 Å². The number of hydrogen-bond acceptors (Lipinski definition) is 3.